The normalized spacial score (nSPS) is 11.3. The average Bonchev–Trinajstić information content (AvgIpc) is 2.58. The Bertz CT molecular complexity index is 926. The molecule has 122 valence electrons. The third-order valence-corrected chi connectivity index (χ3v) is 3.59. The molecule has 3 nitrogen and oxygen atoms in total. The molecule has 0 fully saturated rings. The number of hydrogen-bond acceptors (Lipinski definition) is 3. The Kier molecular flexibility index (Phi) is 4.37. The van der Waals surface area contributed by atoms with Gasteiger partial charge in [-0.15, -0.1) is 0 Å². The van der Waals surface area contributed by atoms with Crippen LogP contribution in [-0.2, 0) is 6.61 Å². The Hall–Kier alpha value is -3.02. The molecule has 0 aliphatic heterocycles. The molecule has 0 bridgehead atoms. The van der Waals surface area contributed by atoms with E-state index < -0.39 is 17.5 Å². The van der Waals surface area contributed by atoms with Gasteiger partial charge in [-0.05, 0) is 22.9 Å². The Balaban J connectivity index is 1.96. The zero-order chi connectivity index (χ0) is 17.1. The maximum absolute atomic E-state index is 13.7. The van der Waals surface area contributed by atoms with Crippen molar-refractivity contribution in [2.75, 3.05) is 0 Å². The Morgan fingerprint density at radius 1 is 0.958 bits per heavy atom. The molecule has 0 atom stereocenters. The fraction of sp³-hybridized carbons (Fsp3) is 0.0556. The van der Waals surface area contributed by atoms with Gasteiger partial charge < -0.3 is 9.94 Å². The largest absolute Gasteiger partial charge is 0.488 e. The molecule has 0 unspecified atom stereocenters. The number of rotatable bonds is 4. The predicted octanol–water partition coefficient (Wildman–Crippen LogP) is 4.64. The summed E-state index contributed by atoms with van der Waals surface area (Å²) in [7, 11) is 0. The van der Waals surface area contributed by atoms with Gasteiger partial charge in [0.25, 0.3) is 0 Å². The third kappa shape index (κ3) is 3.03. The van der Waals surface area contributed by atoms with Crippen molar-refractivity contribution in [3.8, 4) is 5.75 Å². The molecule has 3 rings (SSSR count). The average molecular weight is 331 g/mol. The van der Waals surface area contributed by atoms with Gasteiger partial charge in [0.15, 0.2) is 11.6 Å². The van der Waals surface area contributed by atoms with Crippen molar-refractivity contribution in [3.05, 3.63) is 77.1 Å². The van der Waals surface area contributed by atoms with E-state index in [2.05, 4.69) is 5.16 Å². The molecule has 0 aliphatic carbocycles. The molecule has 0 aliphatic rings. The van der Waals surface area contributed by atoms with Gasteiger partial charge in [-0.25, -0.2) is 13.2 Å². The van der Waals surface area contributed by atoms with E-state index in [0.717, 1.165) is 16.8 Å². The third-order valence-electron chi connectivity index (χ3n) is 3.59. The molecular weight excluding hydrogens is 319 g/mol. The van der Waals surface area contributed by atoms with E-state index in [-0.39, 0.29) is 12.2 Å². The smallest absolute Gasteiger partial charge is 0.161 e. The van der Waals surface area contributed by atoms with Gasteiger partial charge in [-0.3, -0.25) is 0 Å². The van der Waals surface area contributed by atoms with Crippen molar-refractivity contribution in [3.63, 3.8) is 0 Å². The van der Waals surface area contributed by atoms with Crippen LogP contribution in [0.4, 0.5) is 13.2 Å². The van der Waals surface area contributed by atoms with E-state index in [4.69, 9.17) is 9.94 Å². The number of hydrogen-bond donors (Lipinski definition) is 1. The zero-order valence-corrected chi connectivity index (χ0v) is 12.3. The van der Waals surface area contributed by atoms with E-state index >= 15 is 0 Å². The Morgan fingerprint density at radius 2 is 1.71 bits per heavy atom. The van der Waals surface area contributed by atoms with Crippen molar-refractivity contribution in [1.29, 1.82) is 0 Å². The second kappa shape index (κ2) is 6.62. The highest BCUT2D eigenvalue weighted by atomic mass is 19.2. The van der Waals surface area contributed by atoms with Crippen LogP contribution in [0.25, 0.3) is 10.8 Å². The molecular formula is C18H12F3NO2. The van der Waals surface area contributed by atoms with E-state index in [9.17, 15) is 13.2 Å². The summed E-state index contributed by atoms with van der Waals surface area (Å²) >= 11 is 0. The highest BCUT2D eigenvalue weighted by Crippen LogP contribution is 2.28. The molecule has 0 radical (unpaired) electrons. The standard InChI is InChI=1S/C18H12F3NO2/c19-15-8-17(21)16(20)7-12(15)10-24-18-6-5-11-3-1-2-4-13(11)14(18)9-22-23/h1-9,23H,10H2/b22-9+. The van der Waals surface area contributed by atoms with Crippen LogP contribution in [0.5, 0.6) is 5.75 Å². The van der Waals surface area contributed by atoms with Crippen LogP contribution >= 0.6 is 0 Å². The molecule has 3 aromatic carbocycles. The van der Waals surface area contributed by atoms with Gasteiger partial charge in [0, 0.05) is 17.2 Å². The van der Waals surface area contributed by atoms with E-state index in [1.54, 1.807) is 12.1 Å². The SMILES string of the molecule is O/N=C/c1c(OCc2cc(F)c(F)cc2F)ccc2ccccc12. The monoisotopic (exact) mass is 331 g/mol. The fourth-order valence-electron chi connectivity index (χ4n) is 2.42. The molecule has 6 heteroatoms. The molecule has 0 spiro atoms. The van der Waals surface area contributed by atoms with Gasteiger partial charge in [0.05, 0.1) is 6.21 Å². The van der Waals surface area contributed by atoms with Gasteiger partial charge in [-0.2, -0.15) is 0 Å². The second-order valence-corrected chi connectivity index (χ2v) is 5.09. The van der Waals surface area contributed by atoms with Crippen molar-refractivity contribution in [2.45, 2.75) is 6.61 Å². The fourth-order valence-corrected chi connectivity index (χ4v) is 2.42. The van der Waals surface area contributed by atoms with E-state index in [0.29, 0.717) is 17.4 Å². The first kappa shape index (κ1) is 15.9. The molecule has 0 heterocycles. The lowest BCUT2D eigenvalue weighted by Crippen LogP contribution is -2.03. The summed E-state index contributed by atoms with van der Waals surface area (Å²) in [5, 5.41) is 13.6. The Morgan fingerprint density at radius 3 is 2.50 bits per heavy atom. The van der Waals surface area contributed by atoms with Crippen molar-refractivity contribution in [2.24, 2.45) is 5.16 Å². The summed E-state index contributed by atoms with van der Waals surface area (Å²) in [5.74, 6) is -2.97. The number of nitrogens with zero attached hydrogens (tertiary/aromatic N) is 1. The number of benzene rings is 3. The maximum atomic E-state index is 13.7. The summed E-state index contributed by atoms with van der Waals surface area (Å²) < 4.78 is 45.4. The van der Waals surface area contributed by atoms with E-state index in [1.807, 2.05) is 24.3 Å². The first-order valence-corrected chi connectivity index (χ1v) is 7.05. The summed E-state index contributed by atoms with van der Waals surface area (Å²) in [6, 6.07) is 12.0. The molecule has 0 saturated carbocycles. The van der Waals surface area contributed by atoms with Crippen LogP contribution in [0.3, 0.4) is 0 Å². The molecule has 0 aromatic heterocycles. The lowest BCUT2D eigenvalue weighted by atomic mass is 10.0. The van der Waals surface area contributed by atoms with E-state index in [1.165, 1.54) is 6.21 Å². The van der Waals surface area contributed by atoms with Crippen LogP contribution in [0.15, 0.2) is 53.7 Å². The second-order valence-electron chi connectivity index (χ2n) is 5.09. The minimum atomic E-state index is -1.25. The number of oxime groups is 1. The lowest BCUT2D eigenvalue weighted by Gasteiger charge is -2.12. The first-order chi connectivity index (χ1) is 11.6. The zero-order valence-electron chi connectivity index (χ0n) is 12.3. The van der Waals surface area contributed by atoms with Crippen LogP contribution in [0.1, 0.15) is 11.1 Å². The van der Waals surface area contributed by atoms with Crippen LogP contribution in [0, 0.1) is 17.5 Å². The Labute approximate surface area is 135 Å². The van der Waals surface area contributed by atoms with Crippen molar-refractivity contribution in [1.82, 2.24) is 0 Å². The summed E-state index contributed by atoms with van der Waals surface area (Å²) in [4.78, 5) is 0. The summed E-state index contributed by atoms with van der Waals surface area (Å²) in [6.07, 6.45) is 1.21. The van der Waals surface area contributed by atoms with Crippen LogP contribution in [-0.4, -0.2) is 11.4 Å². The minimum Gasteiger partial charge on any atom is -0.488 e. The highest BCUT2D eigenvalue weighted by molar-refractivity contribution is 6.02. The maximum Gasteiger partial charge on any atom is 0.161 e. The topological polar surface area (TPSA) is 41.8 Å². The quantitative estimate of drug-likeness (QED) is 0.327. The number of halogens is 3. The van der Waals surface area contributed by atoms with Gasteiger partial charge >= 0.3 is 0 Å². The highest BCUT2D eigenvalue weighted by Gasteiger charge is 2.12. The van der Waals surface area contributed by atoms with Crippen molar-refractivity contribution < 1.29 is 23.1 Å². The minimum absolute atomic E-state index is 0.117. The summed E-state index contributed by atoms with van der Waals surface area (Å²) in [6.45, 7) is -0.298. The van der Waals surface area contributed by atoms with Crippen LogP contribution < -0.4 is 4.74 Å². The van der Waals surface area contributed by atoms with Crippen molar-refractivity contribution >= 4 is 17.0 Å². The number of fused-ring (bicyclic) bond motifs is 1. The molecule has 3 aromatic rings. The molecule has 24 heavy (non-hydrogen) atoms. The predicted molar refractivity (Wildman–Crippen MR) is 84.0 cm³/mol. The first-order valence-electron chi connectivity index (χ1n) is 7.05. The summed E-state index contributed by atoms with van der Waals surface area (Å²) in [5.41, 5.74) is 0.382. The molecule has 0 saturated heterocycles. The number of ether oxygens (including phenoxy) is 1. The lowest BCUT2D eigenvalue weighted by molar-refractivity contribution is 0.297. The van der Waals surface area contributed by atoms with Gasteiger partial charge in [-0.1, -0.05) is 35.5 Å². The molecule has 1 N–H and O–H groups in total. The molecule has 0 amide bonds. The van der Waals surface area contributed by atoms with Crippen LogP contribution in [0.2, 0.25) is 0 Å². The van der Waals surface area contributed by atoms with Gasteiger partial charge in [0.2, 0.25) is 0 Å². The van der Waals surface area contributed by atoms with Gasteiger partial charge in [0.1, 0.15) is 18.2 Å².